The molecule has 0 aliphatic carbocycles. The lowest BCUT2D eigenvalue weighted by Gasteiger charge is -2.20. The van der Waals surface area contributed by atoms with Crippen LogP contribution >= 0.6 is 0 Å². The maximum Gasteiger partial charge on any atom is 0.207 e. The number of likely N-dealkylation sites (N-methyl/N-ethyl adjacent to an activating group) is 1. The number of anilines is 1. The first-order chi connectivity index (χ1) is 13.6. The second-order valence-corrected chi connectivity index (χ2v) is 8.71. The first-order valence-electron chi connectivity index (χ1n) is 10.9. The molecule has 0 atom stereocenters. The van der Waals surface area contributed by atoms with Crippen molar-refractivity contribution in [2.75, 3.05) is 31.1 Å². The van der Waals surface area contributed by atoms with Crippen molar-refractivity contribution in [1.29, 1.82) is 0 Å². The molecular formula is C24H30N3O+. The van der Waals surface area contributed by atoms with Gasteiger partial charge < -0.3 is 9.64 Å². The van der Waals surface area contributed by atoms with Crippen LogP contribution in [0.3, 0.4) is 0 Å². The molecule has 0 N–H and O–H groups in total. The molecule has 0 bridgehead atoms. The molecule has 0 radical (unpaired) electrons. The number of hydrogen-bond donors (Lipinski definition) is 0. The highest BCUT2D eigenvalue weighted by molar-refractivity contribution is 5.70. The van der Waals surface area contributed by atoms with Crippen LogP contribution in [0.4, 0.5) is 11.4 Å². The van der Waals surface area contributed by atoms with Crippen LogP contribution < -0.4 is 24.9 Å². The lowest BCUT2D eigenvalue weighted by atomic mass is 10.1. The molecule has 4 heteroatoms. The Labute approximate surface area is 167 Å². The van der Waals surface area contributed by atoms with Crippen LogP contribution in [0.1, 0.15) is 44.7 Å². The third-order valence-electron chi connectivity index (χ3n) is 6.36. The molecule has 0 amide bonds. The average Bonchev–Trinajstić information content (AvgIpc) is 3.25. The Morgan fingerprint density at radius 2 is 2.00 bits per heavy atom. The second-order valence-electron chi connectivity index (χ2n) is 8.71. The monoisotopic (exact) mass is 376 g/mol. The Bertz CT molecular complexity index is 1050. The van der Waals surface area contributed by atoms with Crippen molar-refractivity contribution in [1.82, 2.24) is 4.58 Å². The van der Waals surface area contributed by atoms with E-state index in [4.69, 9.17) is 9.73 Å². The molecule has 5 rings (SSSR count). The number of ether oxygens (including phenoxy) is 1. The summed E-state index contributed by atoms with van der Waals surface area (Å²) in [6.07, 6.45) is 4.76. The number of hydrogen-bond acceptors (Lipinski definition) is 3. The van der Waals surface area contributed by atoms with Gasteiger partial charge >= 0.3 is 0 Å². The fourth-order valence-electron chi connectivity index (χ4n) is 4.78. The first kappa shape index (κ1) is 17.7. The Hall–Kier alpha value is -2.36. The normalized spacial score (nSPS) is 16.4. The zero-order valence-corrected chi connectivity index (χ0v) is 17.3. The predicted octanol–water partition coefficient (Wildman–Crippen LogP) is 3.61. The highest BCUT2D eigenvalue weighted by Gasteiger charge is 2.25. The van der Waals surface area contributed by atoms with Crippen LogP contribution in [-0.4, -0.2) is 26.2 Å². The zero-order chi connectivity index (χ0) is 19.3. The van der Waals surface area contributed by atoms with E-state index >= 15 is 0 Å². The van der Waals surface area contributed by atoms with E-state index in [9.17, 15) is 0 Å². The van der Waals surface area contributed by atoms with Crippen LogP contribution in [0.15, 0.2) is 29.3 Å². The molecule has 4 nitrogen and oxygen atoms in total. The molecule has 2 aromatic carbocycles. The standard InChI is InChI=1S/C24H30N3O/c1-4-26-10-7-17-12-19-23(14-21(17)26)28-24-15-22-18(13-20(24)25-19)8-11-27(22)9-5-6-16(2)3/h12-16H,4-11H2,1-3H3/q+1. The van der Waals surface area contributed by atoms with Crippen molar-refractivity contribution in [2.45, 2.75) is 46.5 Å². The Morgan fingerprint density at radius 3 is 2.82 bits per heavy atom. The van der Waals surface area contributed by atoms with Gasteiger partial charge in [0.05, 0.1) is 6.07 Å². The summed E-state index contributed by atoms with van der Waals surface area (Å²) >= 11 is 0. The van der Waals surface area contributed by atoms with Crippen molar-refractivity contribution in [3.8, 4) is 11.5 Å². The minimum Gasteiger partial charge on any atom is -0.452 e. The third kappa shape index (κ3) is 2.99. The highest BCUT2D eigenvalue weighted by Crippen LogP contribution is 2.41. The van der Waals surface area contributed by atoms with E-state index in [0.29, 0.717) is 0 Å². The molecule has 3 heterocycles. The Balaban J connectivity index is 1.52. The topological polar surface area (TPSA) is 27.8 Å². The van der Waals surface area contributed by atoms with Crippen LogP contribution in [0.25, 0.3) is 0 Å². The van der Waals surface area contributed by atoms with Gasteiger partial charge in [-0.25, -0.2) is 9.57 Å². The largest absolute Gasteiger partial charge is 0.452 e. The van der Waals surface area contributed by atoms with Gasteiger partial charge in [-0.05, 0) is 43.4 Å². The molecular weight excluding hydrogens is 346 g/mol. The molecule has 3 aliphatic heterocycles. The van der Waals surface area contributed by atoms with E-state index in [2.05, 4.69) is 54.5 Å². The quantitative estimate of drug-likeness (QED) is 0.636. The molecule has 0 spiro atoms. The number of nitrogens with zero attached hydrogens (tertiary/aromatic N) is 3. The Morgan fingerprint density at radius 1 is 1.11 bits per heavy atom. The van der Waals surface area contributed by atoms with E-state index in [1.54, 1.807) is 0 Å². The third-order valence-corrected chi connectivity index (χ3v) is 6.36. The van der Waals surface area contributed by atoms with Crippen molar-refractivity contribution in [3.05, 3.63) is 46.1 Å². The van der Waals surface area contributed by atoms with Gasteiger partial charge in [-0.15, -0.1) is 0 Å². The van der Waals surface area contributed by atoms with Gasteiger partial charge in [-0.1, -0.05) is 13.8 Å². The molecule has 28 heavy (non-hydrogen) atoms. The lowest BCUT2D eigenvalue weighted by molar-refractivity contribution is 0.467. The van der Waals surface area contributed by atoms with Crippen LogP contribution in [0.5, 0.6) is 11.5 Å². The fourth-order valence-corrected chi connectivity index (χ4v) is 4.78. The summed E-state index contributed by atoms with van der Waals surface area (Å²) in [5, 5.41) is 2.33. The molecule has 146 valence electrons. The average molecular weight is 377 g/mol. The van der Waals surface area contributed by atoms with Gasteiger partial charge in [0.2, 0.25) is 5.36 Å². The lowest BCUT2D eigenvalue weighted by Crippen LogP contribution is -2.29. The van der Waals surface area contributed by atoms with Gasteiger partial charge in [0.1, 0.15) is 24.1 Å². The summed E-state index contributed by atoms with van der Waals surface area (Å²) in [6, 6.07) is 8.90. The number of benzene rings is 2. The molecule has 0 saturated carbocycles. The summed E-state index contributed by atoms with van der Waals surface area (Å²) < 4.78 is 8.89. The molecule has 2 aromatic rings. The maximum absolute atomic E-state index is 6.36. The summed E-state index contributed by atoms with van der Waals surface area (Å²) in [7, 11) is 0. The van der Waals surface area contributed by atoms with Gasteiger partial charge in [0.15, 0.2) is 11.5 Å². The van der Waals surface area contributed by atoms with Gasteiger partial charge in [-0.2, -0.15) is 0 Å². The molecule has 0 unspecified atom stereocenters. The van der Waals surface area contributed by atoms with Gasteiger partial charge in [0.25, 0.3) is 0 Å². The van der Waals surface area contributed by atoms with E-state index in [1.165, 1.54) is 35.0 Å². The van der Waals surface area contributed by atoms with Crippen molar-refractivity contribution >= 4 is 11.4 Å². The van der Waals surface area contributed by atoms with Crippen LogP contribution in [0, 0.1) is 5.92 Å². The summed E-state index contributed by atoms with van der Waals surface area (Å²) in [6.45, 7) is 11.2. The maximum atomic E-state index is 6.36. The van der Waals surface area contributed by atoms with Crippen LogP contribution in [0.2, 0.25) is 0 Å². The molecule has 0 saturated heterocycles. The summed E-state index contributed by atoms with van der Waals surface area (Å²) in [5.41, 5.74) is 5.11. The van der Waals surface area contributed by atoms with E-state index in [1.807, 2.05) is 0 Å². The highest BCUT2D eigenvalue weighted by atomic mass is 16.5. The minimum absolute atomic E-state index is 0.772. The number of fused-ring (bicyclic) bond motifs is 4. The van der Waals surface area contributed by atoms with Crippen molar-refractivity contribution < 1.29 is 4.74 Å². The number of rotatable bonds is 5. The summed E-state index contributed by atoms with van der Waals surface area (Å²) in [4.78, 5) is 7.39. The van der Waals surface area contributed by atoms with E-state index < -0.39 is 0 Å². The fraction of sp³-hybridized carbons (Fsp3) is 0.500. The van der Waals surface area contributed by atoms with E-state index in [-0.39, 0.29) is 0 Å². The Kier molecular flexibility index (Phi) is 4.37. The van der Waals surface area contributed by atoms with Gasteiger partial charge in [-0.3, -0.25) is 0 Å². The smallest absolute Gasteiger partial charge is 0.207 e. The van der Waals surface area contributed by atoms with Gasteiger partial charge in [0, 0.05) is 43.2 Å². The predicted molar refractivity (Wildman–Crippen MR) is 114 cm³/mol. The van der Waals surface area contributed by atoms with Crippen LogP contribution in [-0.2, 0) is 12.8 Å². The first-order valence-corrected chi connectivity index (χ1v) is 10.9. The second kappa shape index (κ2) is 6.91. The molecule has 0 aromatic heterocycles. The molecule has 0 fully saturated rings. The van der Waals surface area contributed by atoms with Crippen molar-refractivity contribution in [3.63, 3.8) is 0 Å². The van der Waals surface area contributed by atoms with Crippen molar-refractivity contribution in [2.24, 2.45) is 10.9 Å². The van der Waals surface area contributed by atoms with E-state index in [0.717, 1.165) is 67.5 Å². The minimum atomic E-state index is 0.772. The molecule has 3 aliphatic rings. The zero-order valence-electron chi connectivity index (χ0n) is 17.3. The SMILES string of the molecule is CCN1CCc2cc3c(cc21)Oc1cc2c(cc1=N3)CC[N+]=2CCCC(C)C. The summed E-state index contributed by atoms with van der Waals surface area (Å²) in [5.74, 6) is 2.58.